The summed E-state index contributed by atoms with van der Waals surface area (Å²) < 4.78 is 108. The molecule has 0 atom stereocenters. The van der Waals surface area contributed by atoms with Crippen molar-refractivity contribution in [1.82, 2.24) is 0 Å². The van der Waals surface area contributed by atoms with Gasteiger partial charge in [0.1, 0.15) is 11.6 Å². The van der Waals surface area contributed by atoms with Gasteiger partial charge in [-0.05, 0) is 23.8 Å². The van der Waals surface area contributed by atoms with E-state index in [2.05, 4.69) is 0 Å². The zero-order chi connectivity index (χ0) is 17.5. The van der Waals surface area contributed by atoms with Gasteiger partial charge in [0.15, 0.2) is 0 Å². The molecule has 0 aliphatic carbocycles. The van der Waals surface area contributed by atoms with Gasteiger partial charge in [0.25, 0.3) is 0 Å². The topological polar surface area (TPSA) is 0 Å². The van der Waals surface area contributed by atoms with Crippen LogP contribution >= 0.6 is 0 Å². The van der Waals surface area contributed by atoms with Crippen LogP contribution < -0.4 is 0 Å². The molecular weight excluding hydrogens is 332 g/mol. The summed E-state index contributed by atoms with van der Waals surface area (Å²) in [5, 5.41) is 0. The zero-order valence-electron chi connectivity index (χ0n) is 11.1. The van der Waals surface area contributed by atoms with E-state index in [1.807, 2.05) is 0 Å². The number of alkyl halides is 6. The SMILES string of the molecule is Fc1ccc(F)c(C(c2ccccc2)(C(F)(F)F)C(F)(F)F)c1. The summed E-state index contributed by atoms with van der Waals surface area (Å²) in [6.45, 7) is 0. The van der Waals surface area contributed by atoms with Gasteiger partial charge in [-0.2, -0.15) is 26.3 Å². The lowest BCUT2D eigenvalue weighted by atomic mass is 9.72. The molecule has 0 spiro atoms. The van der Waals surface area contributed by atoms with Crippen LogP contribution in [0.15, 0.2) is 48.5 Å². The number of hydrogen-bond acceptors (Lipinski definition) is 0. The van der Waals surface area contributed by atoms with Crippen LogP contribution in [0.3, 0.4) is 0 Å². The molecule has 0 amide bonds. The molecule has 0 heterocycles. The second-order valence-electron chi connectivity index (χ2n) is 4.74. The monoisotopic (exact) mass is 340 g/mol. The largest absolute Gasteiger partial charge is 0.411 e. The second-order valence-corrected chi connectivity index (χ2v) is 4.74. The molecule has 8 heteroatoms. The lowest BCUT2D eigenvalue weighted by Crippen LogP contribution is -2.55. The van der Waals surface area contributed by atoms with Crippen LogP contribution in [-0.4, -0.2) is 12.4 Å². The smallest absolute Gasteiger partial charge is 0.207 e. The predicted octanol–water partition coefficient (Wildman–Crippen LogP) is 5.38. The molecule has 2 aromatic rings. The average molecular weight is 340 g/mol. The molecule has 0 fully saturated rings. The Bertz CT molecular complexity index is 671. The maximum absolute atomic E-state index is 13.8. The Kier molecular flexibility index (Phi) is 4.13. The first-order valence-corrected chi connectivity index (χ1v) is 6.16. The molecule has 0 unspecified atom stereocenters. The molecule has 0 nitrogen and oxygen atoms in total. The molecule has 0 aliphatic rings. The van der Waals surface area contributed by atoms with Crippen molar-refractivity contribution in [2.24, 2.45) is 0 Å². The van der Waals surface area contributed by atoms with E-state index < -0.39 is 40.5 Å². The summed E-state index contributed by atoms with van der Waals surface area (Å²) in [4.78, 5) is 0. The van der Waals surface area contributed by atoms with Crippen LogP contribution in [0.1, 0.15) is 11.1 Å². The van der Waals surface area contributed by atoms with Crippen molar-refractivity contribution in [3.05, 3.63) is 71.3 Å². The highest BCUT2D eigenvalue weighted by Gasteiger charge is 2.73. The van der Waals surface area contributed by atoms with E-state index in [4.69, 9.17) is 0 Å². The predicted molar refractivity (Wildman–Crippen MR) is 65.7 cm³/mol. The Morgan fingerprint density at radius 2 is 1.17 bits per heavy atom. The highest BCUT2D eigenvalue weighted by molar-refractivity contribution is 5.44. The minimum Gasteiger partial charge on any atom is -0.207 e. The quantitative estimate of drug-likeness (QED) is 0.644. The van der Waals surface area contributed by atoms with Crippen molar-refractivity contribution in [2.45, 2.75) is 17.8 Å². The Morgan fingerprint density at radius 3 is 1.65 bits per heavy atom. The van der Waals surface area contributed by atoms with E-state index >= 15 is 0 Å². The number of halogens is 8. The summed E-state index contributed by atoms with van der Waals surface area (Å²) in [6, 6.07) is 4.88. The Balaban J connectivity index is 2.98. The fourth-order valence-corrected chi connectivity index (χ4v) is 2.42. The molecule has 0 aliphatic heterocycles. The van der Waals surface area contributed by atoms with Gasteiger partial charge >= 0.3 is 12.4 Å². The summed E-state index contributed by atoms with van der Waals surface area (Å²) >= 11 is 0. The van der Waals surface area contributed by atoms with E-state index in [0.29, 0.717) is 18.2 Å². The third-order valence-electron chi connectivity index (χ3n) is 3.39. The normalized spacial score (nSPS) is 13.2. The zero-order valence-corrected chi connectivity index (χ0v) is 11.1. The Morgan fingerprint density at radius 1 is 0.652 bits per heavy atom. The van der Waals surface area contributed by atoms with Crippen molar-refractivity contribution in [3.8, 4) is 0 Å². The van der Waals surface area contributed by atoms with Crippen LogP contribution in [0.25, 0.3) is 0 Å². The van der Waals surface area contributed by atoms with Crippen LogP contribution in [0.2, 0.25) is 0 Å². The van der Waals surface area contributed by atoms with Gasteiger partial charge in [-0.15, -0.1) is 0 Å². The van der Waals surface area contributed by atoms with Gasteiger partial charge in [0.2, 0.25) is 5.41 Å². The minimum atomic E-state index is -5.94. The highest BCUT2D eigenvalue weighted by atomic mass is 19.4. The lowest BCUT2D eigenvalue weighted by Gasteiger charge is -2.38. The van der Waals surface area contributed by atoms with E-state index in [1.165, 1.54) is 6.07 Å². The summed E-state index contributed by atoms with van der Waals surface area (Å²) in [5.74, 6) is -3.21. The summed E-state index contributed by atoms with van der Waals surface area (Å²) in [6.07, 6.45) is -11.9. The van der Waals surface area contributed by atoms with Crippen molar-refractivity contribution in [1.29, 1.82) is 0 Å². The Labute approximate surface area is 125 Å². The highest BCUT2D eigenvalue weighted by Crippen LogP contribution is 2.56. The number of rotatable bonds is 2. The van der Waals surface area contributed by atoms with Crippen LogP contribution in [0.4, 0.5) is 35.1 Å². The number of benzene rings is 2. The van der Waals surface area contributed by atoms with Gasteiger partial charge in [0.05, 0.1) is 0 Å². The van der Waals surface area contributed by atoms with Gasteiger partial charge in [-0.1, -0.05) is 30.3 Å². The van der Waals surface area contributed by atoms with E-state index in [9.17, 15) is 35.1 Å². The third kappa shape index (κ3) is 2.66. The molecule has 23 heavy (non-hydrogen) atoms. The molecule has 0 N–H and O–H groups in total. The van der Waals surface area contributed by atoms with Crippen molar-refractivity contribution in [2.75, 3.05) is 0 Å². The molecular formula is C15H8F8. The third-order valence-corrected chi connectivity index (χ3v) is 3.39. The molecule has 124 valence electrons. The average Bonchev–Trinajstić information content (AvgIpc) is 2.41. The van der Waals surface area contributed by atoms with E-state index in [0.717, 1.165) is 12.1 Å². The fourth-order valence-electron chi connectivity index (χ4n) is 2.42. The molecule has 0 bridgehead atoms. The molecule has 0 saturated heterocycles. The maximum Gasteiger partial charge on any atom is 0.411 e. The molecule has 2 aromatic carbocycles. The molecule has 0 radical (unpaired) electrons. The maximum atomic E-state index is 13.8. The van der Waals surface area contributed by atoms with Crippen LogP contribution in [0, 0.1) is 11.6 Å². The Hall–Kier alpha value is -2.12. The first-order chi connectivity index (χ1) is 10.5. The van der Waals surface area contributed by atoms with Gasteiger partial charge in [0, 0.05) is 5.56 Å². The molecule has 2 rings (SSSR count). The van der Waals surface area contributed by atoms with Gasteiger partial charge in [-0.25, -0.2) is 8.78 Å². The van der Waals surface area contributed by atoms with Crippen LogP contribution in [-0.2, 0) is 5.41 Å². The van der Waals surface area contributed by atoms with Crippen molar-refractivity contribution >= 4 is 0 Å². The van der Waals surface area contributed by atoms with Crippen molar-refractivity contribution in [3.63, 3.8) is 0 Å². The fraction of sp³-hybridized carbons (Fsp3) is 0.200. The minimum absolute atomic E-state index is 0.0800. The van der Waals surface area contributed by atoms with E-state index in [1.54, 1.807) is 0 Å². The van der Waals surface area contributed by atoms with Gasteiger partial charge < -0.3 is 0 Å². The second kappa shape index (κ2) is 5.50. The van der Waals surface area contributed by atoms with Crippen LogP contribution in [0.5, 0.6) is 0 Å². The first-order valence-electron chi connectivity index (χ1n) is 6.16. The molecule has 0 saturated carbocycles. The lowest BCUT2D eigenvalue weighted by molar-refractivity contribution is -0.289. The first kappa shape index (κ1) is 17.2. The van der Waals surface area contributed by atoms with Gasteiger partial charge in [-0.3, -0.25) is 0 Å². The number of hydrogen-bond donors (Lipinski definition) is 0. The van der Waals surface area contributed by atoms with E-state index in [-0.39, 0.29) is 12.1 Å². The summed E-state index contributed by atoms with van der Waals surface area (Å²) in [7, 11) is 0. The van der Waals surface area contributed by atoms with Crippen molar-refractivity contribution < 1.29 is 35.1 Å². The standard InChI is InChI=1S/C15H8F8/c16-10-6-7-12(17)11(8-10)13(14(18,19)20,15(21,22)23)9-4-2-1-3-5-9/h1-8H. The summed E-state index contributed by atoms with van der Waals surface area (Å²) in [5.41, 5.74) is -7.75. The molecule has 0 aromatic heterocycles.